The lowest BCUT2D eigenvalue weighted by molar-refractivity contribution is 0.0638. The smallest absolute Gasteiger partial charge is 0.330 e. The Morgan fingerprint density at radius 1 is 1.09 bits per heavy atom. The fourth-order valence-corrected chi connectivity index (χ4v) is 2.40. The van der Waals surface area contributed by atoms with Crippen LogP contribution in [0.1, 0.15) is 5.56 Å². The second-order valence-corrected chi connectivity index (χ2v) is 5.25. The number of ether oxygens (including phenoxy) is 1. The fourth-order valence-electron chi connectivity index (χ4n) is 2.22. The van der Waals surface area contributed by atoms with E-state index in [4.69, 9.17) is 16.3 Å². The number of halogens is 1. The lowest BCUT2D eigenvalue weighted by Gasteiger charge is -2.10. The summed E-state index contributed by atoms with van der Waals surface area (Å²) >= 11 is 5.90. The average Bonchev–Trinajstić information content (AvgIpc) is 2.52. The van der Waals surface area contributed by atoms with E-state index in [1.807, 2.05) is 30.3 Å². The third kappa shape index (κ3) is 2.95. The minimum absolute atomic E-state index is 0.0443. The largest absolute Gasteiger partial charge is 0.356 e. The molecule has 0 aliphatic heterocycles. The quantitative estimate of drug-likeness (QED) is 0.804. The first kappa shape index (κ1) is 14.6. The summed E-state index contributed by atoms with van der Waals surface area (Å²) in [6, 6.07) is 14.4. The van der Waals surface area contributed by atoms with Crippen LogP contribution in [-0.4, -0.2) is 9.55 Å². The zero-order chi connectivity index (χ0) is 15.5. The van der Waals surface area contributed by atoms with Gasteiger partial charge in [-0.1, -0.05) is 41.9 Å². The van der Waals surface area contributed by atoms with Crippen LogP contribution in [0.4, 0.5) is 0 Å². The maximum Gasteiger partial charge on any atom is 0.330 e. The average molecular weight is 317 g/mol. The molecule has 0 fully saturated rings. The number of H-pyrrole nitrogens is 1. The van der Waals surface area contributed by atoms with Gasteiger partial charge < -0.3 is 4.74 Å². The number of benzene rings is 2. The van der Waals surface area contributed by atoms with Gasteiger partial charge in [-0.2, -0.15) is 0 Å². The highest BCUT2D eigenvalue weighted by atomic mass is 35.5. The Hall–Kier alpha value is -2.37. The van der Waals surface area contributed by atoms with E-state index in [-0.39, 0.29) is 6.73 Å². The molecule has 0 aliphatic rings. The lowest BCUT2D eigenvalue weighted by atomic mass is 10.2. The Morgan fingerprint density at radius 3 is 2.64 bits per heavy atom. The monoisotopic (exact) mass is 316 g/mol. The van der Waals surface area contributed by atoms with Gasteiger partial charge in [0.15, 0.2) is 0 Å². The Morgan fingerprint density at radius 2 is 1.86 bits per heavy atom. The predicted octanol–water partition coefficient (Wildman–Crippen LogP) is 2.52. The SMILES string of the molecule is O=c1[nH]c(=O)n(COCc2ccccc2)c2ccc(Cl)cc12. The van der Waals surface area contributed by atoms with Gasteiger partial charge >= 0.3 is 5.69 Å². The molecule has 0 saturated heterocycles. The van der Waals surface area contributed by atoms with Crippen LogP contribution in [-0.2, 0) is 18.1 Å². The Bertz CT molecular complexity index is 916. The first-order chi connectivity index (χ1) is 10.6. The molecule has 1 N–H and O–H groups in total. The Balaban J connectivity index is 1.90. The predicted molar refractivity (Wildman–Crippen MR) is 85.1 cm³/mol. The summed E-state index contributed by atoms with van der Waals surface area (Å²) in [7, 11) is 0. The van der Waals surface area contributed by atoms with Crippen molar-refractivity contribution in [1.82, 2.24) is 9.55 Å². The van der Waals surface area contributed by atoms with E-state index < -0.39 is 11.2 Å². The lowest BCUT2D eigenvalue weighted by Crippen LogP contribution is -2.31. The third-order valence-electron chi connectivity index (χ3n) is 3.29. The number of hydrogen-bond acceptors (Lipinski definition) is 3. The summed E-state index contributed by atoms with van der Waals surface area (Å²) < 4.78 is 6.94. The molecule has 0 amide bonds. The molecule has 2 aromatic carbocycles. The highest BCUT2D eigenvalue weighted by Gasteiger charge is 2.08. The van der Waals surface area contributed by atoms with Crippen LogP contribution < -0.4 is 11.2 Å². The molecule has 3 rings (SSSR count). The summed E-state index contributed by atoms with van der Waals surface area (Å²) in [5.41, 5.74) is 0.535. The third-order valence-corrected chi connectivity index (χ3v) is 3.53. The normalized spacial score (nSPS) is 11.0. The molecule has 0 unspecified atom stereocenters. The van der Waals surface area contributed by atoms with Gasteiger partial charge in [-0.3, -0.25) is 14.3 Å². The van der Waals surface area contributed by atoms with Crippen molar-refractivity contribution in [2.45, 2.75) is 13.3 Å². The van der Waals surface area contributed by atoms with Gasteiger partial charge in [-0.15, -0.1) is 0 Å². The van der Waals surface area contributed by atoms with E-state index in [0.717, 1.165) is 5.56 Å². The minimum Gasteiger partial charge on any atom is -0.356 e. The van der Waals surface area contributed by atoms with Crippen LogP contribution >= 0.6 is 11.6 Å². The molecule has 3 aromatic rings. The fraction of sp³-hybridized carbons (Fsp3) is 0.125. The number of hydrogen-bond donors (Lipinski definition) is 1. The van der Waals surface area contributed by atoms with E-state index in [2.05, 4.69) is 4.98 Å². The first-order valence-electron chi connectivity index (χ1n) is 6.69. The number of aromatic nitrogens is 2. The summed E-state index contributed by atoms with van der Waals surface area (Å²) in [6.07, 6.45) is 0. The maximum absolute atomic E-state index is 12.0. The molecular weight excluding hydrogens is 304 g/mol. The van der Waals surface area contributed by atoms with Gasteiger partial charge in [0.25, 0.3) is 5.56 Å². The van der Waals surface area contributed by atoms with Crippen molar-refractivity contribution in [2.75, 3.05) is 0 Å². The van der Waals surface area contributed by atoms with Crippen molar-refractivity contribution in [3.05, 3.63) is 80.0 Å². The summed E-state index contributed by atoms with van der Waals surface area (Å²) in [5, 5.41) is 0.795. The van der Waals surface area contributed by atoms with Crippen LogP contribution in [0, 0.1) is 0 Å². The number of nitrogens with zero attached hydrogens (tertiary/aromatic N) is 1. The van der Waals surface area contributed by atoms with Crippen LogP contribution in [0.5, 0.6) is 0 Å². The number of rotatable bonds is 4. The van der Waals surface area contributed by atoms with Crippen LogP contribution in [0.25, 0.3) is 10.9 Å². The van der Waals surface area contributed by atoms with E-state index in [1.54, 1.807) is 12.1 Å². The Kier molecular flexibility index (Phi) is 4.09. The van der Waals surface area contributed by atoms with Gasteiger partial charge in [0.1, 0.15) is 6.73 Å². The van der Waals surface area contributed by atoms with Crippen LogP contribution in [0.3, 0.4) is 0 Å². The number of aromatic amines is 1. The molecular formula is C16H13ClN2O3. The summed E-state index contributed by atoms with van der Waals surface area (Å²) in [6.45, 7) is 0.421. The number of fused-ring (bicyclic) bond motifs is 1. The van der Waals surface area contributed by atoms with Crippen molar-refractivity contribution in [2.24, 2.45) is 0 Å². The van der Waals surface area contributed by atoms with Crippen LogP contribution in [0.15, 0.2) is 58.1 Å². The number of nitrogens with one attached hydrogen (secondary N) is 1. The van der Waals surface area contributed by atoms with Gasteiger partial charge in [-0.05, 0) is 23.8 Å². The zero-order valence-corrected chi connectivity index (χ0v) is 12.3. The van der Waals surface area contributed by atoms with E-state index in [1.165, 1.54) is 10.6 Å². The minimum atomic E-state index is -0.507. The first-order valence-corrected chi connectivity index (χ1v) is 7.07. The highest BCUT2D eigenvalue weighted by molar-refractivity contribution is 6.31. The molecule has 0 bridgehead atoms. The molecule has 1 heterocycles. The molecule has 1 aromatic heterocycles. The molecule has 0 aliphatic carbocycles. The molecule has 22 heavy (non-hydrogen) atoms. The van der Waals surface area contributed by atoms with Gasteiger partial charge in [0.05, 0.1) is 17.5 Å². The van der Waals surface area contributed by atoms with Gasteiger partial charge in [0.2, 0.25) is 0 Å². The molecule has 6 heteroatoms. The second-order valence-electron chi connectivity index (χ2n) is 4.81. The van der Waals surface area contributed by atoms with Gasteiger partial charge in [0, 0.05) is 5.02 Å². The van der Waals surface area contributed by atoms with Crippen LogP contribution in [0.2, 0.25) is 5.02 Å². The molecule has 5 nitrogen and oxygen atoms in total. The molecule has 0 atom stereocenters. The highest BCUT2D eigenvalue weighted by Crippen LogP contribution is 2.15. The zero-order valence-electron chi connectivity index (χ0n) is 11.6. The van der Waals surface area contributed by atoms with Crippen molar-refractivity contribution in [1.29, 1.82) is 0 Å². The summed E-state index contributed by atoms with van der Waals surface area (Å²) in [4.78, 5) is 26.1. The van der Waals surface area contributed by atoms with E-state index in [0.29, 0.717) is 22.5 Å². The Labute approximate surface area is 130 Å². The van der Waals surface area contributed by atoms with E-state index >= 15 is 0 Å². The molecule has 112 valence electrons. The van der Waals surface area contributed by atoms with Crippen molar-refractivity contribution < 1.29 is 4.74 Å². The maximum atomic E-state index is 12.0. The van der Waals surface area contributed by atoms with Crippen molar-refractivity contribution >= 4 is 22.5 Å². The van der Waals surface area contributed by atoms with Crippen molar-refractivity contribution in [3.63, 3.8) is 0 Å². The van der Waals surface area contributed by atoms with E-state index in [9.17, 15) is 9.59 Å². The molecule has 0 spiro atoms. The standard InChI is InChI=1S/C16H13ClN2O3/c17-12-6-7-14-13(8-12)15(20)18-16(21)19(14)10-22-9-11-4-2-1-3-5-11/h1-8H,9-10H2,(H,18,20,21). The second kappa shape index (κ2) is 6.17. The van der Waals surface area contributed by atoms with Crippen molar-refractivity contribution in [3.8, 4) is 0 Å². The summed E-state index contributed by atoms with van der Waals surface area (Å²) in [5.74, 6) is 0. The molecule has 0 saturated carbocycles. The molecule has 0 radical (unpaired) electrons. The van der Waals surface area contributed by atoms with Gasteiger partial charge in [-0.25, -0.2) is 4.79 Å². The topological polar surface area (TPSA) is 64.1 Å².